The lowest BCUT2D eigenvalue weighted by molar-refractivity contribution is 0.0735. The monoisotopic (exact) mass is 450 g/mol. The number of amides is 1. The predicted octanol–water partition coefficient (Wildman–Crippen LogP) is 4.59. The van der Waals surface area contributed by atoms with Crippen LogP contribution in [0.5, 0.6) is 0 Å². The van der Waals surface area contributed by atoms with Gasteiger partial charge in [0.2, 0.25) is 0 Å². The molecule has 0 unspecified atom stereocenters. The van der Waals surface area contributed by atoms with E-state index in [0.29, 0.717) is 6.07 Å². The van der Waals surface area contributed by atoms with Crippen LogP contribution >= 0.6 is 0 Å². The number of aromatic nitrogens is 3. The average molecular weight is 450 g/mol. The van der Waals surface area contributed by atoms with Crippen LogP contribution in [0.4, 0.5) is 22.0 Å². The number of benzene rings is 2. The molecule has 0 saturated heterocycles. The number of alkyl halides is 2. The lowest BCUT2D eigenvalue weighted by Gasteiger charge is -2.24. The van der Waals surface area contributed by atoms with Crippen LogP contribution in [0.1, 0.15) is 41.1 Å². The van der Waals surface area contributed by atoms with Gasteiger partial charge in [0.1, 0.15) is 11.5 Å². The fourth-order valence-corrected chi connectivity index (χ4v) is 3.57. The van der Waals surface area contributed by atoms with Gasteiger partial charge in [-0.15, -0.1) is 0 Å². The summed E-state index contributed by atoms with van der Waals surface area (Å²) in [5.74, 6) is -3.94. The number of hydrogen-bond acceptors (Lipinski definition) is 3. The standard InChI is InChI=1S/C21H15F5N4O2/c1-8(18-11-5-14(23)15(24)6-13(11)20(31)29-28-18)30(2)21(32)17-7-10-12(19(25)26)3-9(22)4-16(10)27-17/h3-8,19,27H,1-2H3,(H,29,31)/t8-/m0/s1. The first-order valence-corrected chi connectivity index (χ1v) is 9.33. The Kier molecular flexibility index (Phi) is 5.19. The van der Waals surface area contributed by atoms with Gasteiger partial charge < -0.3 is 9.88 Å². The Morgan fingerprint density at radius 1 is 1.00 bits per heavy atom. The second-order valence-corrected chi connectivity index (χ2v) is 7.28. The lowest BCUT2D eigenvalue weighted by Crippen LogP contribution is -2.31. The molecule has 2 heterocycles. The molecule has 1 amide bonds. The molecule has 0 spiro atoms. The number of rotatable bonds is 4. The van der Waals surface area contributed by atoms with E-state index in [9.17, 15) is 31.5 Å². The molecule has 0 fully saturated rings. The van der Waals surface area contributed by atoms with Crippen molar-refractivity contribution in [2.24, 2.45) is 0 Å². The number of carbonyl (C=O) groups is 1. The first kappa shape index (κ1) is 21.5. The van der Waals surface area contributed by atoms with Crippen molar-refractivity contribution < 1.29 is 26.7 Å². The summed E-state index contributed by atoms with van der Waals surface area (Å²) in [6.07, 6.45) is -2.95. The molecule has 2 aromatic carbocycles. The molecular weight excluding hydrogens is 435 g/mol. The van der Waals surface area contributed by atoms with E-state index in [0.717, 1.165) is 18.2 Å². The van der Waals surface area contributed by atoms with Crippen LogP contribution in [-0.2, 0) is 0 Å². The van der Waals surface area contributed by atoms with Crippen LogP contribution < -0.4 is 5.56 Å². The van der Waals surface area contributed by atoms with Crippen molar-refractivity contribution in [1.29, 1.82) is 0 Å². The SMILES string of the molecule is C[C@@H](c1n[nH]c(=O)c2cc(F)c(F)cc12)N(C)C(=O)c1cc2c(C(F)F)cc(F)cc2[nH]1. The third-order valence-electron chi connectivity index (χ3n) is 5.36. The normalized spacial score (nSPS) is 12.6. The van der Waals surface area contributed by atoms with Crippen LogP contribution in [0, 0.1) is 17.5 Å². The number of H-pyrrole nitrogens is 2. The molecule has 0 aliphatic rings. The third kappa shape index (κ3) is 3.49. The maximum Gasteiger partial charge on any atom is 0.272 e. The van der Waals surface area contributed by atoms with E-state index in [1.54, 1.807) is 0 Å². The number of aromatic amines is 2. The zero-order valence-corrected chi connectivity index (χ0v) is 16.6. The average Bonchev–Trinajstić information content (AvgIpc) is 3.17. The molecule has 32 heavy (non-hydrogen) atoms. The van der Waals surface area contributed by atoms with Crippen molar-refractivity contribution in [2.45, 2.75) is 19.4 Å². The highest BCUT2D eigenvalue weighted by Gasteiger charge is 2.26. The Labute approximate surface area is 176 Å². The van der Waals surface area contributed by atoms with Gasteiger partial charge in [0.05, 0.1) is 17.1 Å². The highest BCUT2D eigenvalue weighted by atomic mass is 19.3. The molecule has 0 aliphatic heterocycles. The zero-order valence-electron chi connectivity index (χ0n) is 16.6. The molecule has 0 radical (unpaired) electrons. The quantitative estimate of drug-likeness (QED) is 0.446. The number of hydrogen-bond donors (Lipinski definition) is 2. The van der Waals surface area contributed by atoms with E-state index < -0.39 is 46.9 Å². The van der Waals surface area contributed by atoms with Crippen LogP contribution in [0.15, 0.2) is 35.1 Å². The maximum atomic E-state index is 13.8. The summed E-state index contributed by atoms with van der Waals surface area (Å²) < 4.78 is 67.6. The van der Waals surface area contributed by atoms with Crippen molar-refractivity contribution in [1.82, 2.24) is 20.1 Å². The smallest absolute Gasteiger partial charge is 0.272 e. The summed E-state index contributed by atoms with van der Waals surface area (Å²) in [4.78, 5) is 28.8. The molecule has 2 aromatic heterocycles. The van der Waals surface area contributed by atoms with Gasteiger partial charge in [-0.05, 0) is 37.3 Å². The van der Waals surface area contributed by atoms with E-state index in [-0.39, 0.29) is 33.1 Å². The minimum atomic E-state index is -2.95. The summed E-state index contributed by atoms with van der Waals surface area (Å²) in [7, 11) is 1.38. The predicted molar refractivity (Wildman–Crippen MR) is 106 cm³/mol. The fraction of sp³-hybridized carbons (Fsp3) is 0.190. The second kappa shape index (κ2) is 7.74. The number of halogens is 5. The molecule has 2 N–H and O–H groups in total. The molecule has 1 atom stereocenters. The van der Waals surface area contributed by atoms with Crippen molar-refractivity contribution in [3.05, 3.63) is 75.1 Å². The molecule has 11 heteroatoms. The molecule has 0 aliphatic carbocycles. The van der Waals surface area contributed by atoms with Gasteiger partial charge in [-0.1, -0.05) is 0 Å². The van der Waals surface area contributed by atoms with Gasteiger partial charge in [-0.3, -0.25) is 9.59 Å². The lowest BCUT2D eigenvalue weighted by atomic mass is 10.1. The Morgan fingerprint density at radius 2 is 1.66 bits per heavy atom. The van der Waals surface area contributed by atoms with Crippen LogP contribution in [0.2, 0.25) is 0 Å². The van der Waals surface area contributed by atoms with Crippen molar-refractivity contribution in [3.8, 4) is 0 Å². The van der Waals surface area contributed by atoms with Gasteiger partial charge in [0, 0.05) is 28.9 Å². The van der Waals surface area contributed by atoms with Crippen molar-refractivity contribution in [2.75, 3.05) is 7.05 Å². The van der Waals surface area contributed by atoms with Crippen LogP contribution in [0.3, 0.4) is 0 Å². The minimum Gasteiger partial charge on any atom is -0.350 e. The van der Waals surface area contributed by atoms with Crippen LogP contribution in [0.25, 0.3) is 21.7 Å². The zero-order chi connectivity index (χ0) is 23.3. The van der Waals surface area contributed by atoms with Gasteiger partial charge >= 0.3 is 0 Å². The molecule has 0 saturated carbocycles. The van der Waals surface area contributed by atoms with E-state index in [1.807, 2.05) is 0 Å². The summed E-state index contributed by atoms with van der Waals surface area (Å²) in [6, 6.07) is 3.60. The summed E-state index contributed by atoms with van der Waals surface area (Å²) >= 11 is 0. The van der Waals surface area contributed by atoms with Gasteiger partial charge in [0.15, 0.2) is 11.6 Å². The van der Waals surface area contributed by atoms with Gasteiger partial charge in [-0.25, -0.2) is 27.1 Å². The number of fused-ring (bicyclic) bond motifs is 2. The van der Waals surface area contributed by atoms with E-state index in [2.05, 4.69) is 15.2 Å². The number of nitrogens with zero attached hydrogens (tertiary/aromatic N) is 2. The second-order valence-electron chi connectivity index (χ2n) is 7.28. The highest BCUT2D eigenvalue weighted by molar-refractivity contribution is 5.99. The molecule has 4 rings (SSSR count). The highest BCUT2D eigenvalue weighted by Crippen LogP contribution is 2.31. The molecule has 6 nitrogen and oxygen atoms in total. The molecule has 166 valence electrons. The van der Waals surface area contributed by atoms with E-state index in [4.69, 9.17) is 0 Å². The topological polar surface area (TPSA) is 81.8 Å². The molecule has 4 aromatic rings. The first-order chi connectivity index (χ1) is 15.1. The maximum absolute atomic E-state index is 13.8. The first-order valence-electron chi connectivity index (χ1n) is 9.33. The number of carbonyl (C=O) groups excluding carboxylic acids is 1. The molecule has 0 bridgehead atoms. The fourth-order valence-electron chi connectivity index (χ4n) is 3.57. The van der Waals surface area contributed by atoms with E-state index >= 15 is 0 Å². The van der Waals surface area contributed by atoms with Gasteiger partial charge in [0.25, 0.3) is 17.9 Å². The van der Waals surface area contributed by atoms with Gasteiger partial charge in [-0.2, -0.15) is 5.10 Å². The summed E-state index contributed by atoms with van der Waals surface area (Å²) in [6.45, 7) is 1.53. The Bertz CT molecular complexity index is 1430. The minimum absolute atomic E-state index is 0.00374. The summed E-state index contributed by atoms with van der Waals surface area (Å²) in [5.41, 5.74) is -1.27. The Morgan fingerprint density at radius 3 is 2.31 bits per heavy atom. The van der Waals surface area contributed by atoms with Crippen LogP contribution in [-0.4, -0.2) is 33.0 Å². The Hall–Kier alpha value is -3.76. The van der Waals surface area contributed by atoms with E-state index in [1.165, 1.54) is 24.9 Å². The van der Waals surface area contributed by atoms with Crippen molar-refractivity contribution in [3.63, 3.8) is 0 Å². The third-order valence-corrected chi connectivity index (χ3v) is 5.36. The largest absolute Gasteiger partial charge is 0.350 e. The van der Waals surface area contributed by atoms with Crippen molar-refractivity contribution >= 4 is 27.6 Å². The molecular formula is C21H15F5N4O2. The Balaban J connectivity index is 1.75. The number of nitrogens with one attached hydrogen (secondary N) is 2. The summed E-state index contributed by atoms with van der Waals surface area (Å²) in [5, 5.41) is 5.93.